The number of benzene rings is 1. The lowest BCUT2D eigenvalue weighted by Crippen LogP contribution is -2.21. The van der Waals surface area contributed by atoms with Gasteiger partial charge in [0.2, 0.25) is 0 Å². The van der Waals surface area contributed by atoms with Gasteiger partial charge in [0, 0.05) is 6.54 Å². The summed E-state index contributed by atoms with van der Waals surface area (Å²) in [6.07, 6.45) is 7.16. The van der Waals surface area contributed by atoms with Crippen LogP contribution in [0.3, 0.4) is 0 Å². The number of hydrogen-bond donors (Lipinski definition) is 1. The molecule has 100 valence electrons. The van der Waals surface area contributed by atoms with E-state index in [4.69, 9.17) is 0 Å². The van der Waals surface area contributed by atoms with Crippen molar-refractivity contribution >= 4 is 0 Å². The van der Waals surface area contributed by atoms with Crippen molar-refractivity contribution in [3.05, 3.63) is 35.4 Å². The molecule has 0 heterocycles. The van der Waals surface area contributed by atoms with Gasteiger partial charge >= 0.3 is 0 Å². The minimum Gasteiger partial charge on any atom is -0.313 e. The Bertz CT molecular complexity index is 358. The maximum atomic E-state index is 3.60. The SMILES string of the molecule is Cc1ccccc1CNCCC1CCCC(C)C1. The van der Waals surface area contributed by atoms with Gasteiger partial charge in [0.15, 0.2) is 0 Å². The normalized spacial score (nSPS) is 24.1. The minimum absolute atomic E-state index is 0.958. The Morgan fingerprint density at radius 1 is 1.22 bits per heavy atom. The smallest absolute Gasteiger partial charge is 0.0208 e. The third-order valence-electron chi connectivity index (χ3n) is 4.35. The molecule has 1 nitrogen and oxygen atoms in total. The van der Waals surface area contributed by atoms with Crippen molar-refractivity contribution in [2.75, 3.05) is 6.54 Å². The van der Waals surface area contributed by atoms with Crippen LogP contribution in [0.2, 0.25) is 0 Å². The maximum absolute atomic E-state index is 3.60. The van der Waals surface area contributed by atoms with E-state index in [-0.39, 0.29) is 0 Å². The van der Waals surface area contributed by atoms with Crippen molar-refractivity contribution in [2.24, 2.45) is 11.8 Å². The molecule has 1 saturated carbocycles. The van der Waals surface area contributed by atoms with E-state index >= 15 is 0 Å². The molecule has 0 bridgehead atoms. The van der Waals surface area contributed by atoms with E-state index in [0.717, 1.165) is 18.4 Å². The average molecular weight is 245 g/mol. The summed E-state index contributed by atoms with van der Waals surface area (Å²) in [6, 6.07) is 8.67. The van der Waals surface area contributed by atoms with Crippen molar-refractivity contribution in [3.8, 4) is 0 Å². The third-order valence-corrected chi connectivity index (χ3v) is 4.35. The van der Waals surface area contributed by atoms with Crippen molar-refractivity contribution < 1.29 is 0 Å². The van der Waals surface area contributed by atoms with E-state index in [1.165, 1.54) is 49.8 Å². The van der Waals surface area contributed by atoms with Crippen LogP contribution in [0.25, 0.3) is 0 Å². The summed E-state index contributed by atoms with van der Waals surface area (Å²) in [5, 5.41) is 3.60. The van der Waals surface area contributed by atoms with Gasteiger partial charge < -0.3 is 5.32 Å². The van der Waals surface area contributed by atoms with Crippen LogP contribution in [0.15, 0.2) is 24.3 Å². The van der Waals surface area contributed by atoms with E-state index in [9.17, 15) is 0 Å². The van der Waals surface area contributed by atoms with E-state index in [1.807, 2.05) is 0 Å². The molecule has 1 N–H and O–H groups in total. The first-order chi connectivity index (χ1) is 8.75. The first-order valence-corrected chi connectivity index (χ1v) is 7.51. The molecule has 0 spiro atoms. The Hall–Kier alpha value is -0.820. The second-order valence-corrected chi connectivity index (χ2v) is 6.03. The van der Waals surface area contributed by atoms with Crippen LogP contribution in [-0.4, -0.2) is 6.54 Å². The van der Waals surface area contributed by atoms with Gasteiger partial charge in [-0.1, -0.05) is 50.5 Å². The summed E-state index contributed by atoms with van der Waals surface area (Å²) in [5.41, 5.74) is 2.84. The summed E-state index contributed by atoms with van der Waals surface area (Å²) in [4.78, 5) is 0. The summed E-state index contributed by atoms with van der Waals surface area (Å²) in [7, 11) is 0. The zero-order valence-electron chi connectivity index (χ0n) is 11.9. The largest absolute Gasteiger partial charge is 0.313 e. The van der Waals surface area contributed by atoms with Gasteiger partial charge in [-0.2, -0.15) is 0 Å². The van der Waals surface area contributed by atoms with Crippen LogP contribution in [0.1, 0.15) is 50.2 Å². The summed E-state index contributed by atoms with van der Waals surface area (Å²) in [6.45, 7) is 6.80. The number of aryl methyl sites for hydroxylation is 1. The van der Waals surface area contributed by atoms with Crippen molar-refractivity contribution in [3.63, 3.8) is 0 Å². The molecule has 1 aromatic rings. The van der Waals surface area contributed by atoms with Crippen LogP contribution >= 0.6 is 0 Å². The Labute approximate surface area is 112 Å². The van der Waals surface area contributed by atoms with Crippen LogP contribution in [0.4, 0.5) is 0 Å². The van der Waals surface area contributed by atoms with Gasteiger partial charge in [-0.3, -0.25) is 0 Å². The molecule has 0 amide bonds. The molecule has 0 radical (unpaired) electrons. The van der Waals surface area contributed by atoms with Gasteiger partial charge in [0.05, 0.1) is 0 Å². The van der Waals surface area contributed by atoms with Gasteiger partial charge in [0.25, 0.3) is 0 Å². The summed E-state index contributed by atoms with van der Waals surface area (Å²) < 4.78 is 0. The van der Waals surface area contributed by atoms with Crippen LogP contribution in [-0.2, 0) is 6.54 Å². The molecule has 2 atom stereocenters. The molecule has 1 aliphatic carbocycles. The maximum Gasteiger partial charge on any atom is 0.0208 e. The standard InChI is InChI=1S/C17H27N/c1-14-6-5-8-16(12-14)10-11-18-13-17-9-4-3-7-15(17)2/h3-4,7,9,14,16,18H,5-6,8,10-13H2,1-2H3. The first-order valence-electron chi connectivity index (χ1n) is 7.51. The molecule has 1 heteroatoms. The minimum atomic E-state index is 0.958. The van der Waals surface area contributed by atoms with Crippen LogP contribution < -0.4 is 5.32 Å². The Morgan fingerprint density at radius 3 is 2.83 bits per heavy atom. The van der Waals surface area contributed by atoms with Crippen LogP contribution in [0.5, 0.6) is 0 Å². The molecule has 2 rings (SSSR count). The van der Waals surface area contributed by atoms with E-state index in [1.54, 1.807) is 0 Å². The Kier molecular flexibility index (Phi) is 5.25. The van der Waals surface area contributed by atoms with Crippen molar-refractivity contribution in [1.82, 2.24) is 5.32 Å². The molecule has 1 aromatic carbocycles. The lowest BCUT2D eigenvalue weighted by molar-refractivity contribution is 0.267. The Balaban J connectivity index is 1.65. The highest BCUT2D eigenvalue weighted by Crippen LogP contribution is 2.30. The molecule has 1 fully saturated rings. The summed E-state index contributed by atoms with van der Waals surface area (Å²) >= 11 is 0. The molecular formula is C17H27N. The monoisotopic (exact) mass is 245 g/mol. The highest BCUT2D eigenvalue weighted by atomic mass is 14.8. The highest BCUT2D eigenvalue weighted by Gasteiger charge is 2.17. The average Bonchev–Trinajstić information content (AvgIpc) is 2.37. The predicted molar refractivity (Wildman–Crippen MR) is 78.6 cm³/mol. The van der Waals surface area contributed by atoms with E-state index in [2.05, 4.69) is 43.4 Å². The lowest BCUT2D eigenvalue weighted by atomic mass is 9.81. The molecular weight excluding hydrogens is 218 g/mol. The predicted octanol–water partition coefficient (Wildman–Crippen LogP) is 4.30. The lowest BCUT2D eigenvalue weighted by Gasteiger charge is -2.26. The number of nitrogens with one attached hydrogen (secondary N) is 1. The summed E-state index contributed by atoms with van der Waals surface area (Å²) in [5.74, 6) is 1.93. The molecule has 2 unspecified atom stereocenters. The number of hydrogen-bond acceptors (Lipinski definition) is 1. The van der Waals surface area contributed by atoms with Crippen LogP contribution in [0, 0.1) is 18.8 Å². The Morgan fingerprint density at radius 2 is 2.06 bits per heavy atom. The fourth-order valence-electron chi connectivity index (χ4n) is 3.16. The van der Waals surface area contributed by atoms with E-state index < -0.39 is 0 Å². The molecule has 18 heavy (non-hydrogen) atoms. The van der Waals surface area contributed by atoms with Crippen molar-refractivity contribution in [2.45, 2.75) is 52.5 Å². The van der Waals surface area contributed by atoms with Gasteiger partial charge in [-0.15, -0.1) is 0 Å². The fourth-order valence-corrected chi connectivity index (χ4v) is 3.16. The molecule has 0 saturated heterocycles. The van der Waals surface area contributed by atoms with Crippen molar-refractivity contribution in [1.29, 1.82) is 0 Å². The quantitative estimate of drug-likeness (QED) is 0.763. The highest BCUT2D eigenvalue weighted by molar-refractivity contribution is 5.25. The van der Waals surface area contributed by atoms with E-state index in [0.29, 0.717) is 0 Å². The second kappa shape index (κ2) is 6.94. The first kappa shape index (κ1) is 13.6. The van der Waals surface area contributed by atoms with Gasteiger partial charge in [-0.25, -0.2) is 0 Å². The zero-order chi connectivity index (χ0) is 12.8. The molecule has 0 aliphatic heterocycles. The second-order valence-electron chi connectivity index (χ2n) is 6.03. The van der Waals surface area contributed by atoms with Gasteiger partial charge in [-0.05, 0) is 49.3 Å². The van der Waals surface area contributed by atoms with Gasteiger partial charge in [0.1, 0.15) is 0 Å². The topological polar surface area (TPSA) is 12.0 Å². The number of rotatable bonds is 5. The third kappa shape index (κ3) is 4.13. The molecule has 1 aliphatic rings. The zero-order valence-corrected chi connectivity index (χ0v) is 11.9. The fraction of sp³-hybridized carbons (Fsp3) is 0.647. The molecule has 0 aromatic heterocycles.